The van der Waals surface area contributed by atoms with Gasteiger partial charge in [0.1, 0.15) is 5.76 Å². The number of hydrogen-bond acceptors (Lipinski definition) is 5. The van der Waals surface area contributed by atoms with E-state index in [0.717, 1.165) is 5.76 Å². The molecule has 7 heteroatoms. The Morgan fingerprint density at radius 2 is 1.82 bits per heavy atom. The minimum Gasteiger partial charge on any atom is -0.468 e. The molecule has 0 saturated heterocycles. The van der Waals surface area contributed by atoms with Crippen LogP contribution in [0.1, 0.15) is 21.0 Å². The summed E-state index contributed by atoms with van der Waals surface area (Å²) in [6.07, 6.45) is 1.63. The van der Waals surface area contributed by atoms with Crippen molar-refractivity contribution in [3.8, 4) is 0 Å². The van der Waals surface area contributed by atoms with Gasteiger partial charge < -0.3 is 14.6 Å². The predicted octanol–water partition coefficient (Wildman–Crippen LogP) is 3.68. The highest BCUT2D eigenvalue weighted by Gasteiger charge is 2.15. The van der Waals surface area contributed by atoms with Gasteiger partial charge in [0.05, 0.1) is 19.4 Å². The fraction of sp³-hybridized carbons (Fsp3) is 0.238. The number of nitrogens with one attached hydrogen (secondary N) is 1. The summed E-state index contributed by atoms with van der Waals surface area (Å²) >= 11 is 1.66. The molecule has 0 aliphatic heterocycles. The quantitative estimate of drug-likeness (QED) is 0.630. The normalized spacial score (nSPS) is 10.8. The van der Waals surface area contributed by atoms with Gasteiger partial charge in [-0.15, -0.1) is 11.3 Å². The van der Waals surface area contributed by atoms with Crippen LogP contribution in [-0.4, -0.2) is 42.3 Å². The molecule has 2 amide bonds. The zero-order valence-corrected chi connectivity index (χ0v) is 16.7. The van der Waals surface area contributed by atoms with Crippen molar-refractivity contribution in [2.75, 3.05) is 26.0 Å². The molecule has 28 heavy (non-hydrogen) atoms. The number of nitrogens with zero attached hydrogens (tertiary/aromatic N) is 2. The van der Waals surface area contributed by atoms with Crippen molar-refractivity contribution in [3.63, 3.8) is 0 Å². The lowest BCUT2D eigenvalue weighted by Crippen LogP contribution is -2.32. The molecule has 0 spiro atoms. The van der Waals surface area contributed by atoms with Crippen LogP contribution in [0.15, 0.2) is 64.6 Å². The van der Waals surface area contributed by atoms with Crippen LogP contribution in [0.25, 0.3) is 0 Å². The summed E-state index contributed by atoms with van der Waals surface area (Å²) in [5.74, 6) is 0.629. The van der Waals surface area contributed by atoms with Gasteiger partial charge in [-0.2, -0.15) is 0 Å². The van der Waals surface area contributed by atoms with Crippen LogP contribution in [-0.2, 0) is 17.9 Å². The topological polar surface area (TPSA) is 65.8 Å². The molecule has 2 heterocycles. The molecule has 0 aliphatic carbocycles. The number of furan rings is 1. The molecule has 0 atom stereocenters. The largest absolute Gasteiger partial charge is 0.468 e. The monoisotopic (exact) mass is 397 g/mol. The number of anilines is 1. The molecular weight excluding hydrogens is 374 g/mol. The summed E-state index contributed by atoms with van der Waals surface area (Å²) in [6.45, 7) is 1.45. The smallest absolute Gasteiger partial charge is 0.253 e. The van der Waals surface area contributed by atoms with E-state index < -0.39 is 0 Å². The molecular formula is C21H23N3O3S. The summed E-state index contributed by atoms with van der Waals surface area (Å²) in [5, 5.41) is 4.92. The average Bonchev–Trinajstić information content (AvgIpc) is 3.35. The van der Waals surface area contributed by atoms with Gasteiger partial charge in [-0.3, -0.25) is 14.5 Å². The predicted molar refractivity (Wildman–Crippen MR) is 110 cm³/mol. The highest BCUT2D eigenvalue weighted by Crippen LogP contribution is 2.16. The Bertz CT molecular complexity index is 851. The summed E-state index contributed by atoms with van der Waals surface area (Å²) < 4.78 is 5.43. The molecule has 0 unspecified atom stereocenters. The van der Waals surface area contributed by atoms with E-state index in [1.165, 1.54) is 9.78 Å². The van der Waals surface area contributed by atoms with Gasteiger partial charge in [0.15, 0.2) is 0 Å². The Labute approximate surface area is 168 Å². The minimum atomic E-state index is -0.116. The van der Waals surface area contributed by atoms with E-state index >= 15 is 0 Å². The van der Waals surface area contributed by atoms with Crippen LogP contribution < -0.4 is 5.32 Å². The lowest BCUT2D eigenvalue weighted by molar-refractivity contribution is -0.117. The second-order valence-corrected chi connectivity index (χ2v) is 7.66. The van der Waals surface area contributed by atoms with Gasteiger partial charge >= 0.3 is 0 Å². The van der Waals surface area contributed by atoms with E-state index in [2.05, 4.69) is 11.4 Å². The molecule has 0 bridgehead atoms. The van der Waals surface area contributed by atoms with Crippen LogP contribution in [0, 0.1) is 0 Å². The lowest BCUT2D eigenvalue weighted by atomic mass is 10.2. The number of carbonyl (C=O) groups excluding carboxylic acids is 2. The van der Waals surface area contributed by atoms with Crippen LogP contribution in [0.5, 0.6) is 0 Å². The third-order valence-electron chi connectivity index (χ3n) is 4.11. The third kappa shape index (κ3) is 5.55. The average molecular weight is 398 g/mol. The fourth-order valence-corrected chi connectivity index (χ4v) is 3.52. The molecule has 2 aromatic heterocycles. The van der Waals surface area contributed by atoms with Crippen LogP contribution in [0.3, 0.4) is 0 Å². The number of amides is 2. The zero-order chi connectivity index (χ0) is 19.9. The van der Waals surface area contributed by atoms with Crippen molar-refractivity contribution >= 4 is 28.8 Å². The van der Waals surface area contributed by atoms with Crippen molar-refractivity contribution in [2.24, 2.45) is 0 Å². The van der Waals surface area contributed by atoms with E-state index in [1.54, 1.807) is 56.0 Å². The number of benzene rings is 1. The SMILES string of the molecule is CN(C)C(=O)c1ccc(NC(=O)CN(Cc2ccco2)Cc2cccs2)cc1. The Kier molecular flexibility index (Phi) is 6.62. The minimum absolute atomic E-state index is 0.0709. The molecule has 1 N–H and O–H groups in total. The van der Waals surface area contributed by atoms with Crippen molar-refractivity contribution in [2.45, 2.75) is 13.1 Å². The molecule has 3 rings (SSSR count). The van der Waals surface area contributed by atoms with Crippen LogP contribution in [0.2, 0.25) is 0 Å². The van der Waals surface area contributed by atoms with Crippen LogP contribution >= 0.6 is 11.3 Å². The molecule has 146 valence electrons. The number of carbonyl (C=O) groups is 2. The van der Waals surface area contributed by atoms with Gasteiger partial charge in [-0.1, -0.05) is 6.07 Å². The zero-order valence-electron chi connectivity index (χ0n) is 15.9. The summed E-state index contributed by atoms with van der Waals surface area (Å²) in [5.41, 5.74) is 1.24. The first-order chi connectivity index (χ1) is 13.5. The second kappa shape index (κ2) is 9.34. The van der Waals surface area contributed by atoms with Crippen LogP contribution in [0.4, 0.5) is 5.69 Å². The molecule has 0 radical (unpaired) electrons. The van der Waals surface area contributed by atoms with E-state index in [4.69, 9.17) is 4.42 Å². The van der Waals surface area contributed by atoms with Crippen molar-refractivity contribution in [1.82, 2.24) is 9.80 Å². The number of thiophene rings is 1. The highest BCUT2D eigenvalue weighted by atomic mass is 32.1. The number of hydrogen-bond donors (Lipinski definition) is 1. The first-order valence-corrected chi connectivity index (χ1v) is 9.78. The van der Waals surface area contributed by atoms with E-state index in [0.29, 0.717) is 24.3 Å². The van der Waals surface area contributed by atoms with Gasteiger partial charge in [-0.25, -0.2) is 0 Å². The third-order valence-corrected chi connectivity index (χ3v) is 4.97. The highest BCUT2D eigenvalue weighted by molar-refractivity contribution is 7.09. The van der Waals surface area contributed by atoms with E-state index in [-0.39, 0.29) is 18.4 Å². The van der Waals surface area contributed by atoms with Gasteiger partial charge in [0.25, 0.3) is 5.91 Å². The summed E-state index contributed by atoms with van der Waals surface area (Å²) in [4.78, 5) is 29.2. The molecule has 3 aromatic rings. The van der Waals surface area contributed by atoms with Gasteiger partial charge in [0.2, 0.25) is 5.91 Å². The first kappa shape index (κ1) is 19.9. The molecule has 0 fully saturated rings. The maximum atomic E-state index is 12.6. The number of rotatable bonds is 8. The van der Waals surface area contributed by atoms with Crippen molar-refractivity contribution in [1.29, 1.82) is 0 Å². The van der Waals surface area contributed by atoms with E-state index in [1.807, 2.05) is 28.5 Å². The first-order valence-electron chi connectivity index (χ1n) is 8.90. The van der Waals surface area contributed by atoms with Crippen molar-refractivity contribution < 1.29 is 14.0 Å². The molecule has 0 saturated carbocycles. The summed E-state index contributed by atoms with van der Waals surface area (Å²) in [7, 11) is 3.42. The van der Waals surface area contributed by atoms with Gasteiger partial charge in [0, 0.05) is 36.8 Å². The maximum absolute atomic E-state index is 12.6. The Balaban J connectivity index is 1.61. The van der Waals surface area contributed by atoms with E-state index in [9.17, 15) is 9.59 Å². The van der Waals surface area contributed by atoms with Gasteiger partial charge in [-0.05, 0) is 47.8 Å². The summed E-state index contributed by atoms with van der Waals surface area (Å²) in [6, 6.07) is 14.7. The Morgan fingerprint density at radius 3 is 2.43 bits per heavy atom. The van der Waals surface area contributed by atoms with Crippen molar-refractivity contribution in [3.05, 3.63) is 76.4 Å². The second-order valence-electron chi connectivity index (χ2n) is 6.63. The molecule has 1 aromatic carbocycles. The standard InChI is InChI=1S/C21H23N3O3S/c1-23(2)21(26)16-7-9-17(10-8-16)22-20(25)15-24(13-18-5-3-11-27-18)14-19-6-4-12-28-19/h3-12H,13-15H2,1-2H3,(H,22,25). The molecule has 0 aliphatic rings. The fourth-order valence-electron chi connectivity index (χ4n) is 2.77. The maximum Gasteiger partial charge on any atom is 0.253 e. The Morgan fingerprint density at radius 1 is 1.04 bits per heavy atom. The molecule has 6 nitrogen and oxygen atoms in total. The Hall–Kier alpha value is -2.90. The lowest BCUT2D eigenvalue weighted by Gasteiger charge is -2.20.